The molecule has 4 amide bonds. The maximum absolute atomic E-state index is 14.3. The van der Waals surface area contributed by atoms with Crippen LogP contribution in [0.3, 0.4) is 0 Å². The zero-order valence-corrected chi connectivity index (χ0v) is 34.9. The van der Waals surface area contributed by atoms with Crippen LogP contribution in [0.2, 0.25) is 0 Å². The summed E-state index contributed by atoms with van der Waals surface area (Å²) in [6, 6.07) is 20.9. The lowest BCUT2D eigenvalue weighted by atomic mass is 10.0. The lowest BCUT2D eigenvalue weighted by Gasteiger charge is -2.26. The molecule has 0 aliphatic carbocycles. The molecular weight excluding hydrogens is 841 g/mol. The van der Waals surface area contributed by atoms with E-state index in [0.717, 1.165) is 28.8 Å². The summed E-state index contributed by atoms with van der Waals surface area (Å²) in [4.78, 5) is 86.0. The Morgan fingerprint density at radius 1 is 0.578 bits per heavy atom. The first-order valence-electron chi connectivity index (χ1n) is 19.6. The van der Waals surface area contributed by atoms with Gasteiger partial charge in [-0.2, -0.15) is 0 Å². The largest absolute Gasteiger partial charge is 0.497 e. The second-order valence-electron chi connectivity index (χ2n) is 14.7. The van der Waals surface area contributed by atoms with E-state index < -0.39 is 89.7 Å². The Labute approximate surface area is 363 Å². The van der Waals surface area contributed by atoms with Crippen molar-refractivity contribution in [3.05, 3.63) is 164 Å². The molecule has 5 aromatic carbocycles. The van der Waals surface area contributed by atoms with E-state index in [-0.39, 0.29) is 28.5 Å². The van der Waals surface area contributed by atoms with Gasteiger partial charge in [-0.25, -0.2) is 22.4 Å². The summed E-state index contributed by atoms with van der Waals surface area (Å²) in [7, 11) is 5.77. The molecule has 6 aromatic rings. The third kappa shape index (κ3) is 10.8. The van der Waals surface area contributed by atoms with E-state index >= 15 is 0 Å². The topological polar surface area (TPSA) is 161 Å². The number of halogens is 4. The zero-order valence-electron chi connectivity index (χ0n) is 34.9. The number of hydrogen-bond donors (Lipinski definition) is 2. The fraction of sp³-hybridized carbons (Fsp3) is 0.217. The minimum Gasteiger partial charge on any atom is -0.497 e. The Morgan fingerprint density at radius 3 is 1.38 bits per heavy atom. The number of carbonyl (C=O) groups is 4. The SMILES string of the molecule is COc1ccc(N(C)C(=O)C(Cc2cc(F)cc(F)c2)NC(=O)Cn2c(=O)n(CC(=O)N[C@@H](Cc3cc(F)cc(F)c3)C(=O)N(C)c3ccc(OC)cc3)c(=O)c3ccccc32)cc1. The third-order valence-corrected chi connectivity index (χ3v) is 10.3. The van der Waals surface area contributed by atoms with Crippen LogP contribution in [0.15, 0.2) is 119 Å². The van der Waals surface area contributed by atoms with Crippen LogP contribution in [0.5, 0.6) is 11.5 Å². The van der Waals surface area contributed by atoms with Crippen molar-refractivity contribution in [1.82, 2.24) is 19.8 Å². The van der Waals surface area contributed by atoms with Gasteiger partial charge in [-0.1, -0.05) is 12.1 Å². The van der Waals surface area contributed by atoms with Gasteiger partial charge >= 0.3 is 5.69 Å². The van der Waals surface area contributed by atoms with Gasteiger partial charge in [-0.05, 0) is 96.1 Å². The van der Waals surface area contributed by atoms with Gasteiger partial charge in [0, 0.05) is 50.4 Å². The van der Waals surface area contributed by atoms with Gasteiger partial charge in [0.25, 0.3) is 5.56 Å². The Hall–Kier alpha value is -7.76. The van der Waals surface area contributed by atoms with Crippen LogP contribution in [0.4, 0.5) is 28.9 Å². The zero-order chi connectivity index (χ0) is 46.2. The number of carbonyl (C=O) groups excluding carboxylic acids is 4. The van der Waals surface area contributed by atoms with Crippen LogP contribution >= 0.6 is 0 Å². The molecule has 0 aliphatic rings. The molecule has 2 N–H and O–H groups in total. The molecule has 0 bridgehead atoms. The van der Waals surface area contributed by atoms with E-state index in [1.807, 2.05) is 0 Å². The van der Waals surface area contributed by atoms with Crippen molar-refractivity contribution in [1.29, 1.82) is 0 Å². The van der Waals surface area contributed by atoms with Gasteiger partial charge in [0.15, 0.2) is 0 Å². The molecule has 1 heterocycles. The van der Waals surface area contributed by atoms with E-state index in [0.29, 0.717) is 39.6 Å². The molecule has 64 heavy (non-hydrogen) atoms. The van der Waals surface area contributed by atoms with E-state index in [4.69, 9.17) is 9.47 Å². The summed E-state index contributed by atoms with van der Waals surface area (Å²) in [6.45, 7) is -1.76. The number of likely N-dealkylation sites (N-methyl/N-ethyl adjacent to an activating group) is 2. The Kier molecular flexibility index (Phi) is 14.3. The van der Waals surface area contributed by atoms with E-state index in [2.05, 4.69) is 10.6 Å². The van der Waals surface area contributed by atoms with Gasteiger partial charge in [-0.3, -0.25) is 33.1 Å². The highest BCUT2D eigenvalue weighted by atomic mass is 19.1. The first-order valence-corrected chi connectivity index (χ1v) is 19.6. The number of methoxy groups -OCH3 is 2. The van der Waals surface area contributed by atoms with Crippen LogP contribution in [0.1, 0.15) is 11.1 Å². The van der Waals surface area contributed by atoms with Crippen molar-refractivity contribution in [3.63, 3.8) is 0 Å². The number of benzene rings is 5. The first kappa shape index (κ1) is 45.8. The minimum atomic E-state index is -1.47. The minimum absolute atomic E-state index is 0.00274. The van der Waals surface area contributed by atoms with Crippen LogP contribution in [0.25, 0.3) is 10.9 Å². The van der Waals surface area contributed by atoms with E-state index in [1.165, 1.54) is 62.4 Å². The number of amides is 4. The van der Waals surface area contributed by atoms with Crippen molar-refractivity contribution in [3.8, 4) is 11.5 Å². The number of nitrogens with zero attached hydrogens (tertiary/aromatic N) is 4. The molecule has 0 saturated carbocycles. The lowest BCUT2D eigenvalue weighted by molar-refractivity contribution is -0.128. The predicted octanol–water partition coefficient (Wildman–Crippen LogP) is 4.52. The molecule has 1 aromatic heterocycles. The second-order valence-corrected chi connectivity index (χ2v) is 14.7. The molecule has 0 fully saturated rings. The van der Waals surface area contributed by atoms with Crippen molar-refractivity contribution in [2.75, 3.05) is 38.1 Å². The molecule has 0 aliphatic heterocycles. The van der Waals surface area contributed by atoms with Crippen LogP contribution in [-0.2, 0) is 45.1 Å². The standard InChI is InChI=1S/C46H42F4N6O8/c1-53(33-9-13-35(63-3)14-10-33)44(60)38(21-27-17-29(47)23-30(48)18-27)51-41(57)25-55-40-8-6-5-7-37(40)43(59)56(46(55)62)26-42(58)52-39(22-28-19-31(49)24-32(50)20-28)45(61)54(2)34-11-15-36(64-4)16-12-34/h5-20,23-24,38-39H,21-22,25-26H2,1-4H3,(H,51,57)(H,52,58)/t38?,39-/m0/s1. The van der Waals surface area contributed by atoms with Crippen LogP contribution < -0.4 is 41.2 Å². The maximum Gasteiger partial charge on any atom is 0.332 e. The summed E-state index contributed by atoms with van der Waals surface area (Å²) in [6.07, 6.45) is -0.766. The number of ether oxygens (including phenoxy) is 2. The Balaban J connectivity index is 1.29. The molecule has 1 unspecified atom stereocenters. The highest BCUT2D eigenvalue weighted by Crippen LogP contribution is 2.22. The molecule has 0 radical (unpaired) electrons. The first-order chi connectivity index (χ1) is 30.5. The van der Waals surface area contributed by atoms with Crippen molar-refractivity contribution >= 4 is 45.9 Å². The predicted molar refractivity (Wildman–Crippen MR) is 229 cm³/mol. The van der Waals surface area contributed by atoms with Gasteiger partial charge in [0.2, 0.25) is 23.6 Å². The van der Waals surface area contributed by atoms with E-state index in [9.17, 15) is 46.3 Å². The number of fused-ring (bicyclic) bond motifs is 1. The summed E-state index contributed by atoms with van der Waals surface area (Å²) in [5, 5.41) is 4.99. The van der Waals surface area contributed by atoms with Crippen molar-refractivity contribution in [2.24, 2.45) is 0 Å². The number of aromatic nitrogens is 2. The maximum atomic E-state index is 14.3. The third-order valence-electron chi connectivity index (χ3n) is 10.3. The molecule has 0 saturated heterocycles. The normalized spacial score (nSPS) is 11.9. The van der Waals surface area contributed by atoms with Crippen molar-refractivity contribution < 1.29 is 46.2 Å². The van der Waals surface area contributed by atoms with Gasteiger partial charge in [0.1, 0.15) is 59.9 Å². The molecule has 14 nitrogen and oxygen atoms in total. The van der Waals surface area contributed by atoms with Gasteiger partial charge in [-0.15, -0.1) is 0 Å². The molecule has 18 heteroatoms. The monoisotopic (exact) mass is 882 g/mol. The highest BCUT2D eigenvalue weighted by Gasteiger charge is 2.29. The summed E-state index contributed by atoms with van der Waals surface area (Å²) in [5.74, 6) is -6.01. The van der Waals surface area contributed by atoms with Gasteiger partial charge < -0.3 is 29.9 Å². The summed E-state index contributed by atoms with van der Waals surface area (Å²) >= 11 is 0. The number of rotatable bonds is 16. The van der Waals surface area contributed by atoms with E-state index in [1.54, 1.807) is 48.5 Å². The second kappa shape index (κ2) is 20.0. The molecule has 6 rings (SSSR count). The van der Waals surface area contributed by atoms with Crippen LogP contribution in [-0.4, -0.2) is 73.2 Å². The smallest absolute Gasteiger partial charge is 0.332 e. The number of nitrogens with one attached hydrogen (secondary N) is 2. The van der Waals surface area contributed by atoms with Gasteiger partial charge in [0.05, 0.1) is 25.1 Å². The fourth-order valence-corrected chi connectivity index (χ4v) is 7.09. The summed E-state index contributed by atoms with van der Waals surface area (Å²) < 4.78 is 68.8. The van der Waals surface area contributed by atoms with Crippen LogP contribution in [0, 0.1) is 23.3 Å². The molecular formula is C46H42F4N6O8. The molecule has 332 valence electrons. The highest BCUT2D eigenvalue weighted by molar-refractivity contribution is 6.00. The summed E-state index contributed by atoms with van der Waals surface area (Å²) in [5.41, 5.74) is -1.22. The Morgan fingerprint density at radius 2 is 0.969 bits per heavy atom. The van der Waals surface area contributed by atoms with Crippen molar-refractivity contribution in [2.45, 2.75) is 38.0 Å². The molecule has 0 spiro atoms. The fourth-order valence-electron chi connectivity index (χ4n) is 7.09. The Bertz CT molecular complexity index is 2790. The lowest BCUT2D eigenvalue weighted by Crippen LogP contribution is -2.52. The average Bonchev–Trinajstić information content (AvgIpc) is 3.27. The average molecular weight is 883 g/mol. The number of para-hydroxylation sites is 1. The number of hydrogen-bond acceptors (Lipinski definition) is 8. The number of anilines is 2. The quantitative estimate of drug-likeness (QED) is 0.134. The molecule has 2 atom stereocenters.